The molecule has 0 bridgehead atoms. The molecule has 0 saturated heterocycles. The Labute approximate surface area is 101 Å². The number of aliphatic hydroxyl groups is 1. The third-order valence-electron chi connectivity index (χ3n) is 3.67. The maximum absolute atomic E-state index is 11.7. The number of benzene rings is 1. The molecule has 0 spiro atoms. The molecular weight excluding hydrogens is 238 g/mol. The summed E-state index contributed by atoms with van der Waals surface area (Å²) in [6, 6.07) is 9.38. The van der Waals surface area contributed by atoms with Crippen LogP contribution in [0.1, 0.15) is 11.5 Å². The summed E-state index contributed by atoms with van der Waals surface area (Å²) in [4.78, 5) is 0. The lowest BCUT2D eigenvalue weighted by molar-refractivity contribution is 0.212. The molecule has 3 atom stereocenters. The van der Waals surface area contributed by atoms with E-state index in [2.05, 4.69) is 0 Å². The van der Waals surface area contributed by atoms with Gasteiger partial charge in [0.05, 0.1) is 11.9 Å². The molecule has 1 fully saturated rings. The van der Waals surface area contributed by atoms with E-state index in [9.17, 15) is 13.5 Å². The fourth-order valence-electron chi connectivity index (χ4n) is 2.79. The van der Waals surface area contributed by atoms with Gasteiger partial charge in [-0.25, -0.2) is 8.42 Å². The minimum absolute atomic E-state index is 0.181. The zero-order valence-corrected chi connectivity index (χ0v) is 10.5. The van der Waals surface area contributed by atoms with Crippen molar-refractivity contribution in [2.24, 2.45) is 11.1 Å². The first kappa shape index (κ1) is 12.5. The number of hydrogen-bond acceptors (Lipinski definition) is 4. The molecule has 0 amide bonds. The summed E-state index contributed by atoms with van der Waals surface area (Å²) in [7, 11) is -3.20. The maximum Gasteiger partial charge on any atom is 0.151 e. The van der Waals surface area contributed by atoms with Gasteiger partial charge in [-0.3, -0.25) is 0 Å². The maximum atomic E-state index is 11.7. The second-order valence-electron chi connectivity index (χ2n) is 4.73. The fourth-order valence-corrected chi connectivity index (χ4v) is 4.80. The Morgan fingerprint density at radius 1 is 1.35 bits per heavy atom. The summed E-state index contributed by atoms with van der Waals surface area (Å²) in [6.45, 7) is -0.0123. The van der Waals surface area contributed by atoms with E-state index in [1.165, 1.54) is 6.26 Å². The smallest absolute Gasteiger partial charge is 0.151 e. The van der Waals surface area contributed by atoms with Gasteiger partial charge in [-0.2, -0.15) is 0 Å². The highest BCUT2D eigenvalue weighted by molar-refractivity contribution is 7.91. The van der Waals surface area contributed by atoms with Gasteiger partial charge in [0.1, 0.15) is 0 Å². The Bertz CT molecular complexity index is 494. The van der Waals surface area contributed by atoms with Crippen LogP contribution in [0.25, 0.3) is 0 Å². The van der Waals surface area contributed by atoms with E-state index in [4.69, 9.17) is 5.73 Å². The van der Waals surface area contributed by atoms with E-state index >= 15 is 0 Å². The van der Waals surface area contributed by atoms with Crippen LogP contribution < -0.4 is 5.73 Å². The van der Waals surface area contributed by atoms with Crippen molar-refractivity contribution in [1.82, 2.24) is 0 Å². The van der Waals surface area contributed by atoms with E-state index in [1.807, 2.05) is 30.3 Å². The molecule has 1 aromatic rings. The summed E-state index contributed by atoms with van der Waals surface area (Å²) in [5, 5.41) is 8.91. The standard InChI is InChI=1S/C12H17NO3S/c1-17(15,16)11-10(12(11,7-13)8-14)9-5-3-2-4-6-9/h2-6,10-11,14H,7-8,13H2,1H3. The molecule has 0 heterocycles. The van der Waals surface area contributed by atoms with Crippen LogP contribution in [-0.2, 0) is 9.84 Å². The predicted molar refractivity (Wildman–Crippen MR) is 66.4 cm³/mol. The van der Waals surface area contributed by atoms with Crippen molar-refractivity contribution < 1.29 is 13.5 Å². The zero-order chi connectivity index (χ0) is 12.7. The Hall–Kier alpha value is -0.910. The van der Waals surface area contributed by atoms with E-state index in [0.29, 0.717) is 0 Å². The lowest BCUT2D eigenvalue weighted by Gasteiger charge is -2.11. The van der Waals surface area contributed by atoms with Crippen LogP contribution in [0.3, 0.4) is 0 Å². The number of nitrogens with two attached hydrogens (primary N) is 1. The molecule has 1 aliphatic rings. The number of sulfone groups is 1. The van der Waals surface area contributed by atoms with Gasteiger partial charge in [0.25, 0.3) is 0 Å². The van der Waals surface area contributed by atoms with Gasteiger partial charge >= 0.3 is 0 Å². The minimum atomic E-state index is -3.20. The van der Waals surface area contributed by atoms with Gasteiger partial charge in [-0.1, -0.05) is 30.3 Å². The van der Waals surface area contributed by atoms with Crippen LogP contribution in [0.4, 0.5) is 0 Å². The fraction of sp³-hybridized carbons (Fsp3) is 0.500. The van der Waals surface area contributed by atoms with Crippen molar-refractivity contribution in [2.45, 2.75) is 11.2 Å². The SMILES string of the molecule is CS(=O)(=O)C1C(c2ccccc2)C1(CN)CO. The molecular formula is C12H17NO3S. The molecule has 5 heteroatoms. The van der Waals surface area contributed by atoms with Crippen molar-refractivity contribution in [3.8, 4) is 0 Å². The number of aliphatic hydroxyl groups excluding tert-OH is 1. The van der Waals surface area contributed by atoms with Crippen molar-refractivity contribution in [3.05, 3.63) is 35.9 Å². The van der Waals surface area contributed by atoms with Crippen LogP contribution in [0, 0.1) is 5.41 Å². The van der Waals surface area contributed by atoms with Gasteiger partial charge in [0.15, 0.2) is 9.84 Å². The largest absolute Gasteiger partial charge is 0.396 e. The Balaban J connectivity index is 2.42. The van der Waals surface area contributed by atoms with Crippen molar-refractivity contribution in [2.75, 3.05) is 19.4 Å². The highest BCUT2D eigenvalue weighted by Crippen LogP contribution is 2.61. The first-order valence-electron chi connectivity index (χ1n) is 5.52. The second-order valence-corrected chi connectivity index (χ2v) is 6.90. The van der Waals surface area contributed by atoms with E-state index in [-0.39, 0.29) is 19.1 Å². The van der Waals surface area contributed by atoms with Crippen LogP contribution in [0.5, 0.6) is 0 Å². The van der Waals surface area contributed by atoms with Crippen molar-refractivity contribution >= 4 is 9.84 Å². The summed E-state index contributed by atoms with van der Waals surface area (Å²) in [6.07, 6.45) is 1.21. The van der Waals surface area contributed by atoms with E-state index in [0.717, 1.165) is 5.56 Å². The molecule has 1 aromatic carbocycles. The van der Waals surface area contributed by atoms with Gasteiger partial charge in [0.2, 0.25) is 0 Å². The Morgan fingerprint density at radius 3 is 2.29 bits per heavy atom. The average molecular weight is 255 g/mol. The van der Waals surface area contributed by atoms with Gasteiger partial charge < -0.3 is 10.8 Å². The van der Waals surface area contributed by atoms with E-state index in [1.54, 1.807) is 0 Å². The predicted octanol–water partition coefficient (Wildman–Crippen LogP) is 0.134. The molecule has 0 radical (unpaired) electrons. The molecule has 17 heavy (non-hydrogen) atoms. The molecule has 2 rings (SSSR count). The topological polar surface area (TPSA) is 80.4 Å². The molecule has 0 aromatic heterocycles. The van der Waals surface area contributed by atoms with E-state index < -0.39 is 20.5 Å². The molecule has 94 valence electrons. The molecule has 1 saturated carbocycles. The summed E-state index contributed by atoms with van der Waals surface area (Å²) in [5.74, 6) is -0.186. The zero-order valence-electron chi connectivity index (χ0n) is 9.70. The van der Waals surface area contributed by atoms with Crippen molar-refractivity contribution in [1.29, 1.82) is 0 Å². The van der Waals surface area contributed by atoms with Crippen LogP contribution in [-0.4, -0.2) is 38.2 Å². The number of hydrogen-bond donors (Lipinski definition) is 2. The highest BCUT2D eigenvalue weighted by atomic mass is 32.2. The Morgan fingerprint density at radius 2 is 1.94 bits per heavy atom. The van der Waals surface area contributed by atoms with Gasteiger partial charge in [-0.05, 0) is 5.56 Å². The first-order valence-corrected chi connectivity index (χ1v) is 7.47. The third-order valence-corrected chi connectivity index (χ3v) is 5.34. The number of rotatable bonds is 4. The monoisotopic (exact) mass is 255 g/mol. The van der Waals surface area contributed by atoms with Crippen molar-refractivity contribution in [3.63, 3.8) is 0 Å². The molecule has 1 aliphatic carbocycles. The molecule has 0 aliphatic heterocycles. The lowest BCUT2D eigenvalue weighted by Crippen LogP contribution is -2.27. The molecule has 4 nitrogen and oxygen atoms in total. The summed E-state index contributed by atoms with van der Waals surface area (Å²) >= 11 is 0. The first-order chi connectivity index (χ1) is 7.97. The normalized spacial score (nSPS) is 32.4. The third kappa shape index (κ3) is 1.88. The quantitative estimate of drug-likeness (QED) is 0.801. The highest BCUT2D eigenvalue weighted by Gasteiger charge is 2.68. The molecule has 3 N–H and O–H groups in total. The average Bonchev–Trinajstić information content (AvgIpc) is 3.00. The lowest BCUT2D eigenvalue weighted by atomic mass is 10.0. The summed E-state index contributed by atoms with van der Waals surface area (Å²) < 4.78 is 23.5. The van der Waals surface area contributed by atoms with Crippen LogP contribution in [0.15, 0.2) is 30.3 Å². The minimum Gasteiger partial charge on any atom is -0.396 e. The second kappa shape index (κ2) is 4.08. The van der Waals surface area contributed by atoms with Crippen LogP contribution in [0.2, 0.25) is 0 Å². The van der Waals surface area contributed by atoms with Crippen LogP contribution >= 0.6 is 0 Å². The van der Waals surface area contributed by atoms with Gasteiger partial charge in [0, 0.05) is 24.1 Å². The van der Waals surface area contributed by atoms with Gasteiger partial charge in [-0.15, -0.1) is 0 Å². The Kier molecular flexibility index (Phi) is 3.01. The molecule has 3 unspecified atom stereocenters. The summed E-state index contributed by atoms with van der Waals surface area (Å²) in [5.41, 5.74) is 5.90.